The number of hydrogen-bond donors (Lipinski definition) is 2. The predicted molar refractivity (Wildman–Crippen MR) is 150 cm³/mol. The Morgan fingerprint density at radius 3 is 2.33 bits per heavy atom. The van der Waals surface area contributed by atoms with Crippen molar-refractivity contribution in [2.24, 2.45) is 0 Å². The number of benzene rings is 3. The van der Waals surface area contributed by atoms with Gasteiger partial charge in [0.05, 0.1) is 28.3 Å². The fraction of sp³-hybridized carbons (Fsp3) is 0.345. The maximum atomic E-state index is 6.29. The van der Waals surface area contributed by atoms with E-state index in [2.05, 4.69) is 92.6 Å². The van der Waals surface area contributed by atoms with Crippen molar-refractivity contribution in [3.8, 4) is 11.1 Å². The van der Waals surface area contributed by atoms with Gasteiger partial charge < -0.3 is 19.6 Å². The normalized spacial score (nSPS) is 21.3. The summed E-state index contributed by atoms with van der Waals surface area (Å²) >= 11 is 1.83. The van der Waals surface area contributed by atoms with E-state index in [-0.39, 0.29) is 18.3 Å². The molecule has 5 nitrogen and oxygen atoms in total. The Kier molecular flexibility index (Phi) is 4.93. The largest absolute Gasteiger partial charge is 0.494 e. The Morgan fingerprint density at radius 2 is 1.58 bits per heavy atom. The van der Waals surface area contributed by atoms with Crippen LogP contribution in [0, 0.1) is 0 Å². The first-order chi connectivity index (χ1) is 17.3. The molecule has 2 saturated heterocycles. The number of H-pyrrole nitrogens is 1. The minimum atomic E-state index is -0.342. The van der Waals surface area contributed by atoms with Crippen LogP contribution in [-0.4, -0.2) is 34.8 Å². The number of thiophene rings is 1. The molecule has 0 bridgehead atoms. The number of fused-ring (bicyclic) bond motifs is 4. The third-order valence-corrected chi connectivity index (χ3v) is 9.36. The van der Waals surface area contributed by atoms with Crippen LogP contribution in [0.1, 0.15) is 52.4 Å². The average Bonchev–Trinajstić information content (AvgIpc) is 3.62. The number of nitrogens with zero attached hydrogens (tertiary/aromatic N) is 1. The van der Waals surface area contributed by atoms with Crippen LogP contribution in [0.15, 0.2) is 54.6 Å². The van der Waals surface area contributed by atoms with E-state index in [0.717, 1.165) is 35.3 Å². The molecule has 36 heavy (non-hydrogen) atoms. The molecule has 2 aliphatic rings. The number of imidazole rings is 1. The van der Waals surface area contributed by atoms with Gasteiger partial charge in [-0.25, -0.2) is 4.98 Å². The predicted octanol–water partition coefficient (Wildman–Crippen LogP) is 6.32. The molecule has 0 amide bonds. The Labute approximate surface area is 215 Å². The zero-order chi connectivity index (χ0) is 24.7. The van der Waals surface area contributed by atoms with Crippen molar-refractivity contribution in [2.45, 2.75) is 57.8 Å². The van der Waals surface area contributed by atoms with Crippen molar-refractivity contribution < 1.29 is 9.31 Å². The SMILES string of the molecule is CC1(C)OB(c2ccc3c(c2)sc2cc(-c4ccc5nc([C@@H]6CCCN6)[nH]c5c4)ccc23)OC1(C)C. The van der Waals surface area contributed by atoms with Crippen molar-refractivity contribution in [3.63, 3.8) is 0 Å². The molecule has 2 N–H and O–H groups in total. The first kappa shape index (κ1) is 22.5. The second kappa shape index (κ2) is 7.89. The van der Waals surface area contributed by atoms with Gasteiger partial charge in [-0.3, -0.25) is 0 Å². The summed E-state index contributed by atoms with van der Waals surface area (Å²) in [7, 11) is -0.342. The highest BCUT2D eigenvalue weighted by Gasteiger charge is 2.51. The van der Waals surface area contributed by atoms with Gasteiger partial charge in [0.1, 0.15) is 5.82 Å². The smallest absolute Gasteiger partial charge is 0.399 e. The minimum absolute atomic E-state index is 0.341. The number of rotatable bonds is 3. The van der Waals surface area contributed by atoms with Crippen LogP contribution in [0.5, 0.6) is 0 Å². The lowest BCUT2D eigenvalue weighted by atomic mass is 9.79. The van der Waals surface area contributed by atoms with Crippen molar-refractivity contribution >= 4 is 55.1 Å². The van der Waals surface area contributed by atoms with E-state index in [1.807, 2.05) is 11.3 Å². The van der Waals surface area contributed by atoms with Crippen molar-refractivity contribution in [2.75, 3.05) is 6.54 Å². The lowest BCUT2D eigenvalue weighted by molar-refractivity contribution is 0.00578. The molecule has 7 rings (SSSR count). The Bertz CT molecular complexity index is 1610. The molecule has 182 valence electrons. The first-order valence-electron chi connectivity index (χ1n) is 12.8. The molecule has 0 aliphatic carbocycles. The minimum Gasteiger partial charge on any atom is -0.399 e. The highest BCUT2D eigenvalue weighted by atomic mass is 32.1. The third-order valence-electron chi connectivity index (χ3n) is 8.25. The average molecular weight is 495 g/mol. The van der Waals surface area contributed by atoms with E-state index in [0.29, 0.717) is 6.04 Å². The maximum Gasteiger partial charge on any atom is 0.494 e. The summed E-state index contributed by atoms with van der Waals surface area (Å²) in [5, 5.41) is 6.10. The van der Waals surface area contributed by atoms with Crippen LogP contribution in [-0.2, 0) is 9.31 Å². The number of hydrogen-bond acceptors (Lipinski definition) is 5. The van der Waals surface area contributed by atoms with Crippen LogP contribution in [0.2, 0.25) is 0 Å². The van der Waals surface area contributed by atoms with Crippen LogP contribution < -0.4 is 10.8 Å². The van der Waals surface area contributed by atoms with Crippen LogP contribution in [0.25, 0.3) is 42.3 Å². The molecule has 0 radical (unpaired) electrons. The quantitative estimate of drug-likeness (QED) is 0.288. The van der Waals surface area contributed by atoms with Gasteiger partial charge in [-0.1, -0.05) is 30.3 Å². The summed E-state index contributed by atoms with van der Waals surface area (Å²) in [6, 6.07) is 20.3. The van der Waals surface area contributed by atoms with E-state index in [1.165, 1.54) is 37.7 Å². The number of nitrogens with one attached hydrogen (secondary N) is 2. The standard InChI is InChI=1S/C29H30BN3O2S/c1-28(2)29(3,4)35-30(34-28)19-9-11-21-20-10-7-18(15-25(20)36-26(21)16-19)17-8-12-22-24(14-17)33-27(32-22)23-6-5-13-31-23/h7-12,14-16,23,31H,5-6,13H2,1-4H3,(H,32,33)/t23-/m0/s1. The van der Waals surface area contributed by atoms with E-state index in [9.17, 15) is 0 Å². The Morgan fingerprint density at radius 1 is 0.889 bits per heavy atom. The van der Waals surface area contributed by atoms with Crippen LogP contribution in [0.3, 0.4) is 0 Å². The molecule has 1 atom stereocenters. The number of aromatic amines is 1. The van der Waals surface area contributed by atoms with Gasteiger partial charge in [-0.05, 0) is 87.9 Å². The summed E-state index contributed by atoms with van der Waals surface area (Å²) in [6.07, 6.45) is 2.35. The second-order valence-corrected chi connectivity index (χ2v) is 12.2. The van der Waals surface area contributed by atoms with Gasteiger partial charge in [-0.2, -0.15) is 0 Å². The van der Waals surface area contributed by atoms with Gasteiger partial charge in [-0.15, -0.1) is 11.3 Å². The summed E-state index contributed by atoms with van der Waals surface area (Å²) in [5.74, 6) is 1.05. The molecule has 0 unspecified atom stereocenters. The second-order valence-electron chi connectivity index (χ2n) is 11.2. The highest BCUT2D eigenvalue weighted by Crippen LogP contribution is 2.39. The van der Waals surface area contributed by atoms with Gasteiger partial charge in [0.2, 0.25) is 0 Å². The van der Waals surface area contributed by atoms with Gasteiger partial charge in [0.15, 0.2) is 0 Å². The fourth-order valence-corrected chi connectivity index (χ4v) is 6.58. The fourth-order valence-electron chi connectivity index (χ4n) is 5.39. The van der Waals surface area contributed by atoms with Gasteiger partial charge in [0.25, 0.3) is 0 Å². The Balaban J connectivity index is 1.23. The van der Waals surface area contributed by atoms with Crippen molar-refractivity contribution in [1.29, 1.82) is 0 Å². The number of aromatic nitrogens is 2. The monoisotopic (exact) mass is 495 g/mol. The molecule has 2 aliphatic heterocycles. The zero-order valence-corrected chi connectivity index (χ0v) is 22.0. The summed E-state index contributed by atoms with van der Waals surface area (Å²) in [6.45, 7) is 9.46. The van der Waals surface area contributed by atoms with E-state index < -0.39 is 0 Å². The molecule has 2 fully saturated rings. The van der Waals surface area contributed by atoms with Crippen LogP contribution >= 0.6 is 11.3 Å². The molecular weight excluding hydrogens is 465 g/mol. The highest BCUT2D eigenvalue weighted by molar-refractivity contribution is 7.26. The molecule has 7 heteroatoms. The lowest BCUT2D eigenvalue weighted by Gasteiger charge is -2.32. The zero-order valence-electron chi connectivity index (χ0n) is 21.1. The van der Waals surface area contributed by atoms with E-state index in [1.54, 1.807) is 0 Å². The van der Waals surface area contributed by atoms with Crippen molar-refractivity contribution in [3.05, 3.63) is 60.4 Å². The molecular formula is C29H30BN3O2S. The molecule has 4 heterocycles. The van der Waals surface area contributed by atoms with Gasteiger partial charge >= 0.3 is 7.12 Å². The van der Waals surface area contributed by atoms with Gasteiger partial charge in [0, 0.05) is 20.2 Å². The van der Waals surface area contributed by atoms with Crippen molar-refractivity contribution in [1.82, 2.24) is 15.3 Å². The van der Waals surface area contributed by atoms with E-state index >= 15 is 0 Å². The summed E-state index contributed by atoms with van der Waals surface area (Å²) < 4.78 is 15.1. The molecule has 5 aromatic rings. The Hall–Kier alpha value is -2.71. The summed E-state index contributed by atoms with van der Waals surface area (Å²) in [5.41, 5.74) is 4.94. The molecule has 0 spiro atoms. The summed E-state index contributed by atoms with van der Waals surface area (Å²) in [4.78, 5) is 8.39. The molecule has 0 saturated carbocycles. The lowest BCUT2D eigenvalue weighted by Crippen LogP contribution is -2.41. The third kappa shape index (κ3) is 3.52. The topological polar surface area (TPSA) is 59.2 Å². The molecule has 3 aromatic carbocycles. The maximum absolute atomic E-state index is 6.29. The van der Waals surface area contributed by atoms with E-state index in [4.69, 9.17) is 14.3 Å². The first-order valence-corrected chi connectivity index (χ1v) is 13.6. The van der Waals surface area contributed by atoms with Crippen LogP contribution in [0.4, 0.5) is 0 Å². The molecule has 2 aromatic heterocycles.